The van der Waals surface area contributed by atoms with Crippen LogP contribution in [0.5, 0.6) is 0 Å². The molecule has 1 fully saturated rings. The van der Waals surface area contributed by atoms with Crippen molar-refractivity contribution in [2.45, 2.75) is 25.7 Å². The summed E-state index contributed by atoms with van der Waals surface area (Å²) in [5.74, 6) is 1.57. The number of nitrogens with zero attached hydrogens (tertiary/aromatic N) is 1. The Kier molecular flexibility index (Phi) is 2.96. The lowest BCUT2D eigenvalue weighted by Gasteiger charge is -2.07. The van der Waals surface area contributed by atoms with Gasteiger partial charge in [-0.25, -0.2) is 4.98 Å². The minimum atomic E-state index is 0.563. The summed E-state index contributed by atoms with van der Waals surface area (Å²) in [4.78, 5) is 7.76. The normalized spacial score (nSPS) is 14.8. The number of H-pyrrole nitrogens is 1. The summed E-state index contributed by atoms with van der Waals surface area (Å²) in [6.07, 6.45) is 2.41. The highest BCUT2D eigenvalue weighted by molar-refractivity contribution is 7.71. The molecule has 1 N–H and O–H groups in total. The lowest BCUT2D eigenvalue weighted by atomic mass is 10.1. The third kappa shape index (κ3) is 2.33. The summed E-state index contributed by atoms with van der Waals surface area (Å²) in [5, 5.41) is 0.775. The topological polar surface area (TPSA) is 28.7 Å². The highest BCUT2D eigenvalue weighted by Crippen LogP contribution is 2.38. The van der Waals surface area contributed by atoms with E-state index in [9.17, 15) is 0 Å². The van der Waals surface area contributed by atoms with Gasteiger partial charge in [0.15, 0.2) is 0 Å². The Morgan fingerprint density at radius 3 is 2.78 bits per heavy atom. The van der Waals surface area contributed by atoms with E-state index in [0.717, 1.165) is 27.7 Å². The number of aromatic nitrogens is 2. The Balaban J connectivity index is 2.09. The number of aromatic amines is 1. The van der Waals surface area contributed by atoms with Crippen LogP contribution in [0.2, 0.25) is 5.02 Å². The third-order valence-electron chi connectivity index (χ3n) is 3.21. The van der Waals surface area contributed by atoms with Crippen LogP contribution in [-0.2, 0) is 0 Å². The monoisotopic (exact) mass is 276 g/mol. The lowest BCUT2D eigenvalue weighted by Crippen LogP contribution is -1.95. The average Bonchev–Trinajstić information content (AvgIpc) is 3.16. The molecule has 2 aromatic rings. The standard InChI is InChI=1S/C14H13ClN2S/c1-8-2-3-10(6-11(8)15)12-7-13(18)17-14(16-12)9-4-5-9/h2-3,6-7,9H,4-5H2,1H3,(H,16,17,18). The molecule has 18 heavy (non-hydrogen) atoms. The molecule has 3 rings (SSSR count). The van der Waals surface area contributed by atoms with Crippen molar-refractivity contribution in [2.75, 3.05) is 0 Å². The van der Waals surface area contributed by atoms with Crippen molar-refractivity contribution in [2.24, 2.45) is 0 Å². The van der Waals surface area contributed by atoms with Gasteiger partial charge < -0.3 is 4.98 Å². The van der Waals surface area contributed by atoms with Gasteiger partial charge in [0.25, 0.3) is 0 Å². The molecule has 92 valence electrons. The number of benzene rings is 1. The minimum absolute atomic E-state index is 0.563. The van der Waals surface area contributed by atoms with Gasteiger partial charge in [0, 0.05) is 16.6 Å². The smallest absolute Gasteiger partial charge is 0.130 e. The van der Waals surface area contributed by atoms with Crippen LogP contribution in [0.15, 0.2) is 24.3 Å². The number of hydrogen-bond donors (Lipinski definition) is 1. The number of rotatable bonds is 2. The highest BCUT2D eigenvalue weighted by atomic mass is 35.5. The van der Waals surface area contributed by atoms with Crippen LogP contribution in [0.25, 0.3) is 11.3 Å². The predicted octanol–water partition coefficient (Wildman–Crippen LogP) is 4.65. The van der Waals surface area contributed by atoms with E-state index >= 15 is 0 Å². The summed E-state index contributed by atoms with van der Waals surface area (Å²) in [6, 6.07) is 7.93. The van der Waals surface area contributed by atoms with Crippen LogP contribution in [0, 0.1) is 11.6 Å². The van der Waals surface area contributed by atoms with Gasteiger partial charge in [-0.05, 0) is 43.0 Å². The van der Waals surface area contributed by atoms with Crippen molar-refractivity contribution in [3.63, 3.8) is 0 Å². The van der Waals surface area contributed by atoms with Crippen LogP contribution < -0.4 is 0 Å². The van der Waals surface area contributed by atoms with Crippen LogP contribution in [0.3, 0.4) is 0 Å². The van der Waals surface area contributed by atoms with E-state index < -0.39 is 0 Å². The van der Waals surface area contributed by atoms with Crippen LogP contribution in [0.1, 0.15) is 30.1 Å². The van der Waals surface area contributed by atoms with Crippen LogP contribution >= 0.6 is 23.8 Å². The van der Waals surface area contributed by atoms with E-state index in [1.807, 2.05) is 25.1 Å². The number of hydrogen-bond acceptors (Lipinski definition) is 2. The maximum atomic E-state index is 6.16. The molecule has 2 nitrogen and oxygen atoms in total. The Morgan fingerprint density at radius 1 is 1.33 bits per heavy atom. The van der Waals surface area contributed by atoms with E-state index in [1.165, 1.54) is 12.8 Å². The maximum absolute atomic E-state index is 6.16. The molecule has 0 saturated heterocycles. The quantitative estimate of drug-likeness (QED) is 0.809. The fraction of sp³-hybridized carbons (Fsp3) is 0.286. The van der Waals surface area contributed by atoms with E-state index in [0.29, 0.717) is 10.6 Å². The summed E-state index contributed by atoms with van der Waals surface area (Å²) >= 11 is 11.4. The second kappa shape index (κ2) is 4.48. The molecule has 0 aliphatic heterocycles. The van der Waals surface area contributed by atoms with Crippen molar-refractivity contribution in [3.05, 3.63) is 45.3 Å². The van der Waals surface area contributed by atoms with Crippen molar-refractivity contribution in [1.82, 2.24) is 9.97 Å². The van der Waals surface area contributed by atoms with E-state index in [-0.39, 0.29) is 0 Å². The molecular formula is C14H13ClN2S. The SMILES string of the molecule is Cc1ccc(-c2cc(=S)nc(C3CC3)[nH]2)cc1Cl. The van der Waals surface area contributed by atoms with Crippen molar-refractivity contribution < 1.29 is 0 Å². The highest BCUT2D eigenvalue weighted by Gasteiger charge is 2.26. The van der Waals surface area contributed by atoms with Gasteiger partial charge in [0.2, 0.25) is 0 Å². The van der Waals surface area contributed by atoms with E-state index in [2.05, 4.69) is 16.0 Å². The predicted molar refractivity (Wildman–Crippen MR) is 76.6 cm³/mol. The molecule has 0 amide bonds. The van der Waals surface area contributed by atoms with Crippen LogP contribution in [-0.4, -0.2) is 9.97 Å². The maximum Gasteiger partial charge on any atom is 0.130 e. The average molecular weight is 277 g/mol. The van der Waals surface area contributed by atoms with Gasteiger partial charge in [0.05, 0.1) is 0 Å². The molecule has 0 bridgehead atoms. The molecule has 1 heterocycles. The molecule has 0 atom stereocenters. The van der Waals surface area contributed by atoms with Gasteiger partial charge in [-0.2, -0.15) is 0 Å². The third-order valence-corrected chi connectivity index (χ3v) is 3.82. The molecule has 4 heteroatoms. The van der Waals surface area contributed by atoms with E-state index in [1.54, 1.807) is 0 Å². The first-order valence-electron chi connectivity index (χ1n) is 6.01. The summed E-state index contributed by atoms with van der Waals surface area (Å²) in [6.45, 7) is 2.00. The molecule has 0 unspecified atom stereocenters. The Hall–Kier alpha value is -1.19. The number of nitrogens with one attached hydrogen (secondary N) is 1. The van der Waals surface area contributed by atoms with Gasteiger partial charge in [-0.3, -0.25) is 0 Å². The molecule has 1 aromatic heterocycles. The molecule has 0 spiro atoms. The van der Waals surface area contributed by atoms with Gasteiger partial charge >= 0.3 is 0 Å². The van der Waals surface area contributed by atoms with Gasteiger partial charge in [-0.1, -0.05) is 36.0 Å². The molecular weight excluding hydrogens is 264 g/mol. The fourth-order valence-corrected chi connectivity index (χ4v) is 2.34. The first kappa shape index (κ1) is 11.9. The summed E-state index contributed by atoms with van der Waals surface area (Å²) < 4.78 is 0.641. The lowest BCUT2D eigenvalue weighted by molar-refractivity contribution is 0.924. The number of halogens is 1. The Labute approximate surface area is 116 Å². The zero-order chi connectivity index (χ0) is 12.7. The second-order valence-electron chi connectivity index (χ2n) is 4.76. The van der Waals surface area contributed by atoms with Gasteiger partial charge in [0.1, 0.15) is 10.5 Å². The molecule has 1 aliphatic carbocycles. The van der Waals surface area contributed by atoms with Crippen molar-refractivity contribution in [1.29, 1.82) is 0 Å². The molecule has 1 saturated carbocycles. The molecule has 1 aromatic carbocycles. The zero-order valence-electron chi connectivity index (χ0n) is 10.0. The Morgan fingerprint density at radius 2 is 2.11 bits per heavy atom. The van der Waals surface area contributed by atoms with E-state index in [4.69, 9.17) is 23.8 Å². The second-order valence-corrected chi connectivity index (χ2v) is 5.58. The zero-order valence-corrected chi connectivity index (χ0v) is 11.6. The van der Waals surface area contributed by atoms with Crippen molar-refractivity contribution in [3.8, 4) is 11.3 Å². The number of aryl methyl sites for hydroxylation is 1. The summed E-state index contributed by atoms with van der Waals surface area (Å²) in [5.41, 5.74) is 3.13. The van der Waals surface area contributed by atoms with Crippen molar-refractivity contribution >= 4 is 23.8 Å². The van der Waals surface area contributed by atoms with Crippen LogP contribution in [0.4, 0.5) is 0 Å². The largest absolute Gasteiger partial charge is 0.343 e. The Bertz CT molecular complexity index is 659. The first-order valence-corrected chi connectivity index (χ1v) is 6.80. The minimum Gasteiger partial charge on any atom is -0.343 e. The fourth-order valence-electron chi connectivity index (χ4n) is 1.94. The molecule has 1 aliphatic rings. The first-order chi connectivity index (χ1) is 8.63. The molecule has 0 radical (unpaired) electrons. The van der Waals surface area contributed by atoms with Gasteiger partial charge in [-0.15, -0.1) is 0 Å². The summed E-state index contributed by atoms with van der Waals surface area (Å²) in [7, 11) is 0.